The second kappa shape index (κ2) is 9.41. The van der Waals surface area contributed by atoms with E-state index in [0.29, 0.717) is 35.6 Å². The minimum atomic E-state index is -0.375. The Morgan fingerprint density at radius 1 is 1.32 bits per heavy atom. The molecule has 0 saturated heterocycles. The molecule has 0 spiro atoms. The fourth-order valence-corrected chi connectivity index (χ4v) is 3.39. The number of hydrogen-bond acceptors (Lipinski definition) is 6. The number of nitrogens with one attached hydrogen (secondary N) is 1. The Morgan fingerprint density at radius 2 is 2.11 bits per heavy atom. The van der Waals surface area contributed by atoms with Crippen molar-refractivity contribution < 1.29 is 18.3 Å². The number of carbonyl (C=O) groups excluding carboxylic acids is 1. The third-order valence-electron chi connectivity index (χ3n) is 3.92. The first-order valence-corrected chi connectivity index (χ1v) is 9.82. The van der Waals surface area contributed by atoms with Crippen molar-refractivity contribution >= 4 is 17.7 Å². The number of thioether (sulfide) groups is 1. The summed E-state index contributed by atoms with van der Waals surface area (Å²) in [6, 6.07) is 9.39. The third-order valence-corrected chi connectivity index (χ3v) is 4.89. The van der Waals surface area contributed by atoms with Crippen molar-refractivity contribution in [3.8, 4) is 5.75 Å². The summed E-state index contributed by atoms with van der Waals surface area (Å²) in [4.78, 5) is 12.0. The lowest BCUT2D eigenvalue weighted by Gasteiger charge is -2.15. The Bertz CT molecular complexity index is 897. The Labute approximate surface area is 166 Å². The fourth-order valence-electron chi connectivity index (χ4n) is 2.55. The van der Waals surface area contributed by atoms with E-state index in [9.17, 15) is 9.18 Å². The summed E-state index contributed by atoms with van der Waals surface area (Å²) in [6.07, 6.45) is 1.19. The minimum absolute atomic E-state index is 0.121. The van der Waals surface area contributed by atoms with Crippen molar-refractivity contribution in [3.05, 3.63) is 60.1 Å². The fraction of sp³-hybridized carbons (Fsp3) is 0.316. The molecule has 9 heteroatoms. The molecule has 7 nitrogen and oxygen atoms in total. The summed E-state index contributed by atoms with van der Waals surface area (Å²) in [5.41, 5.74) is 0. The predicted octanol–water partition coefficient (Wildman–Crippen LogP) is 3.58. The summed E-state index contributed by atoms with van der Waals surface area (Å²) >= 11 is 1.30. The molecule has 1 N–H and O–H groups in total. The SMILES string of the molecule is CCn1c(SCC(=O)NCc2ccco2)nnc1C(C)Oc1ccc(F)cc1. The van der Waals surface area contributed by atoms with Gasteiger partial charge in [-0.3, -0.25) is 4.79 Å². The Balaban J connectivity index is 1.57. The maximum absolute atomic E-state index is 13.0. The highest BCUT2D eigenvalue weighted by Gasteiger charge is 2.19. The number of aromatic nitrogens is 3. The molecule has 0 radical (unpaired) electrons. The summed E-state index contributed by atoms with van der Waals surface area (Å²) in [5.74, 6) is 1.66. The van der Waals surface area contributed by atoms with Crippen LogP contribution in [0.1, 0.15) is 31.5 Å². The van der Waals surface area contributed by atoms with Crippen molar-refractivity contribution in [2.75, 3.05) is 5.75 Å². The minimum Gasteiger partial charge on any atom is -0.483 e. The van der Waals surface area contributed by atoms with E-state index in [-0.39, 0.29) is 23.6 Å². The van der Waals surface area contributed by atoms with Crippen molar-refractivity contribution in [2.45, 2.75) is 38.2 Å². The molecule has 1 amide bonds. The first-order valence-electron chi connectivity index (χ1n) is 8.84. The van der Waals surface area contributed by atoms with Gasteiger partial charge in [0.25, 0.3) is 0 Å². The molecule has 0 aliphatic carbocycles. The summed E-state index contributed by atoms with van der Waals surface area (Å²) in [7, 11) is 0. The monoisotopic (exact) mass is 404 g/mol. The highest BCUT2D eigenvalue weighted by molar-refractivity contribution is 7.99. The van der Waals surface area contributed by atoms with Gasteiger partial charge in [-0.15, -0.1) is 10.2 Å². The van der Waals surface area contributed by atoms with Crippen LogP contribution in [0.25, 0.3) is 0 Å². The molecule has 1 unspecified atom stereocenters. The maximum Gasteiger partial charge on any atom is 0.230 e. The van der Waals surface area contributed by atoms with E-state index < -0.39 is 0 Å². The molecule has 0 saturated carbocycles. The normalized spacial score (nSPS) is 12.0. The highest BCUT2D eigenvalue weighted by Crippen LogP contribution is 2.24. The molecule has 2 aromatic heterocycles. The van der Waals surface area contributed by atoms with Gasteiger partial charge < -0.3 is 19.0 Å². The van der Waals surface area contributed by atoms with E-state index in [1.54, 1.807) is 30.5 Å². The number of furan rings is 1. The van der Waals surface area contributed by atoms with Gasteiger partial charge in [0.05, 0.1) is 18.6 Å². The zero-order valence-corrected chi connectivity index (χ0v) is 16.4. The number of nitrogens with zero attached hydrogens (tertiary/aromatic N) is 3. The number of hydrogen-bond donors (Lipinski definition) is 1. The summed E-state index contributed by atoms with van der Waals surface area (Å²) < 4.78 is 25.9. The van der Waals surface area contributed by atoms with Crippen molar-refractivity contribution in [1.29, 1.82) is 0 Å². The molecule has 1 atom stereocenters. The van der Waals surface area contributed by atoms with E-state index in [1.807, 2.05) is 18.4 Å². The number of ether oxygens (including phenoxy) is 1. The quantitative estimate of drug-likeness (QED) is 0.549. The number of rotatable bonds is 9. The lowest BCUT2D eigenvalue weighted by molar-refractivity contribution is -0.118. The van der Waals surface area contributed by atoms with Crippen LogP contribution in [0, 0.1) is 5.82 Å². The third kappa shape index (κ3) is 5.13. The van der Waals surface area contributed by atoms with E-state index in [4.69, 9.17) is 9.15 Å². The molecule has 3 rings (SSSR count). The van der Waals surface area contributed by atoms with Crippen LogP contribution in [0.3, 0.4) is 0 Å². The molecule has 148 valence electrons. The van der Waals surface area contributed by atoms with Gasteiger partial charge in [-0.1, -0.05) is 11.8 Å². The Kier molecular flexibility index (Phi) is 6.70. The zero-order chi connectivity index (χ0) is 19.9. The number of amides is 1. The van der Waals surface area contributed by atoms with Crippen LogP contribution in [0.5, 0.6) is 5.75 Å². The topological polar surface area (TPSA) is 82.2 Å². The van der Waals surface area contributed by atoms with Gasteiger partial charge in [-0.25, -0.2) is 4.39 Å². The zero-order valence-electron chi connectivity index (χ0n) is 15.6. The molecule has 28 heavy (non-hydrogen) atoms. The first kappa shape index (κ1) is 19.9. The Morgan fingerprint density at radius 3 is 2.79 bits per heavy atom. The molecule has 0 fully saturated rings. The lowest BCUT2D eigenvalue weighted by Crippen LogP contribution is -2.24. The average Bonchev–Trinajstić information content (AvgIpc) is 3.35. The lowest BCUT2D eigenvalue weighted by atomic mass is 10.3. The van der Waals surface area contributed by atoms with Gasteiger partial charge in [0, 0.05) is 6.54 Å². The van der Waals surface area contributed by atoms with Gasteiger partial charge in [-0.05, 0) is 50.2 Å². The molecule has 3 aromatic rings. The molecule has 0 bridgehead atoms. The first-order chi connectivity index (χ1) is 13.6. The molecule has 1 aromatic carbocycles. The van der Waals surface area contributed by atoms with Gasteiger partial charge >= 0.3 is 0 Å². The average molecular weight is 404 g/mol. The van der Waals surface area contributed by atoms with Crippen LogP contribution in [-0.2, 0) is 17.9 Å². The standard InChI is InChI=1S/C19H21FN4O3S/c1-3-24-18(13(2)27-15-8-6-14(20)7-9-15)22-23-19(24)28-12-17(25)21-11-16-5-4-10-26-16/h4-10,13H,3,11-12H2,1-2H3,(H,21,25). The van der Waals surface area contributed by atoms with Crippen molar-refractivity contribution in [3.63, 3.8) is 0 Å². The van der Waals surface area contributed by atoms with Crippen molar-refractivity contribution in [1.82, 2.24) is 20.1 Å². The van der Waals surface area contributed by atoms with E-state index in [1.165, 1.54) is 23.9 Å². The second-order valence-corrected chi connectivity index (χ2v) is 6.89. The number of halogens is 1. The molecule has 0 aliphatic heterocycles. The van der Waals surface area contributed by atoms with Crippen molar-refractivity contribution in [2.24, 2.45) is 0 Å². The molecular weight excluding hydrogens is 383 g/mol. The van der Waals surface area contributed by atoms with Gasteiger partial charge in [0.1, 0.15) is 17.3 Å². The largest absolute Gasteiger partial charge is 0.483 e. The van der Waals surface area contributed by atoms with E-state index in [2.05, 4.69) is 15.5 Å². The molecular formula is C19H21FN4O3S. The van der Waals surface area contributed by atoms with Crippen LogP contribution >= 0.6 is 11.8 Å². The van der Waals surface area contributed by atoms with E-state index >= 15 is 0 Å². The maximum atomic E-state index is 13.0. The van der Waals surface area contributed by atoms with Crippen LogP contribution in [0.15, 0.2) is 52.2 Å². The van der Waals surface area contributed by atoms with Crippen LogP contribution in [0.4, 0.5) is 4.39 Å². The predicted molar refractivity (Wildman–Crippen MR) is 102 cm³/mol. The highest BCUT2D eigenvalue weighted by atomic mass is 32.2. The second-order valence-electron chi connectivity index (χ2n) is 5.94. The van der Waals surface area contributed by atoms with E-state index in [0.717, 1.165) is 0 Å². The van der Waals surface area contributed by atoms with Gasteiger partial charge in [-0.2, -0.15) is 0 Å². The van der Waals surface area contributed by atoms with Crippen LogP contribution in [0.2, 0.25) is 0 Å². The summed E-state index contributed by atoms with van der Waals surface area (Å²) in [6.45, 7) is 4.80. The van der Waals surface area contributed by atoms with Gasteiger partial charge in [0.15, 0.2) is 17.1 Å². The molecule has 0 aliphatic rings. The smallest absolute Gasteiger partial charge is 0.230 e. The van der Waals surface area contributed by atoms with Crippen LogP contribution < -0.4 is 10.1 Å². The van der Waals surface area contributed by atoms with Gasteiger partial charge in [0.2, 0.25) is 5.91 Å². The number of benzene rings is 1. The Hall–Kier alpha value is -2.81. The molecule has 2 heterocycles. The summed E-state index contributed by atoms with van der Waals surface area (Å²) in [5, 5.41) is 11.8. The number of carbonyl (C=O) groups is 1. The van der Waals surface area contributed by atoms with Crippen LogP contribution in [-0.4, -0.2) is 26.4 Å².